The molecular formula is C9H17ClN4O3. The molecule has 1 aromatic rings. The Bertz CT molecular complexity index is 356. The van der Waals surface area contributed by atoms with E-state index in [-0.39, 0.29) is 18.2 Å². The number of aromatic nitrogens is 2. The van der Waals surface area contributed by atoms with Crippen LogP contribution in [0.1, 0.15) is 12.1 Å². The van der Waals surface area contributed by atoms with Crippen molar-refractivity contribution in [3.63, 3.8) is 0 Å². The second kappa shape index (κ2) is 7.99. The molecule has 0 saturated heterocycles. The number of methoxy groups -OCH3 is 1. The summed E-state index contributed by atoms with van der Waals surface area (Å²) < 4.78 is 6.42. The van der Waals surface area contributed by atoms with Gasteiger partial charge in [-0.3, -0.25) is 0 Å². The summed E-state index contributed by atoms with van der Waals surface area (Å²) in [6, 6.07) is 1.48. The fourth-order valence-corrected chi connectivity index (χ4v) is 1.30. The van der Waals surface area contributed by atoms with Crippen molar-refractivity contribution in [2.75, 3.05) is 20.3 Å². The molecule has 0 unspecified atom stereocenters. The Balaban J connectivity index is 0.00000256. The van der Waals surface area contributed by atoms with Gasteiger partial charge in [-0.25, -0.2) is 0 Å². The standard InChI is InChI=1S/C9H16N4O3.ClH/c1-12-8(6-9(11-12)13(14)15)7-10-4-3-5-16-2;/h6,10H,3-5,7H2,1-2H3;1H. The molecule has 0 aliphatic carbocycles. The molecule has 0 bridgehead atoms. The highest BCUT2D eigenvalue weighted by atomic mass is 35.5. The van der Waals surface area contributed by atoms with E-state index in [9.17, 15) is 10.1 Å². The van der Waals surface area contributed by atoms with Crippen molar-refractivity contribution >= 4 is 18.2 Å². The summed E-state index contributed by atoms with van der Waals surface area (Å²) in [7, 11) is 3.35. The van der Waals surface area contributed by atoms with E-state index in [0.717, 1.165) is 18.7 Å². The van der Waals surface area contributed by atoms with Gasteiger partial charge in [0.15, 0.2) is 0 Å². The van der Waals surface area contributed by atoms with Crippen molar-refractivity contribution in [1.29, 1.82) is 0 Å². The Morgan fingerprint density at radius 2 is 2.35 bits per heavy atom. The second-order valence-electron chi connectivity index (χ2n) is 3.40. The minimum absolute atomic E-state index is 0. The zero-order valence-corrected chi connectivity index (χ0v) is 10.7. The van der Waals surface area contributed by atoms with E-state index in [2.05, 4.69) is 10.4 Å². The predicted molar refractivity (Wildman–Crippen MR) is 65.3 cm³/mol. The molecular weight excluding hydrogens is 248 g/mol. The Morgan fingerprint density at radius 1 is 1.65 bits per heavy atom. The molecule has 8 heteroatoms. The number of halogens is 1. The fourth-order valence-electron chi connectivity index (χ4n) is 1.30. The number of ether oxygens (including phenoxy) is 1. The molecule has 1 aromatic heterocycles. The van der Waals surface area contributed by atoms with Crippen LogP contribution in [0.4, 0.5) is 5.82 Å². The average Bonchev–Trinajstić information content (AvgIpc) is 2.60. The minimum Gasteiger partial charge on any atom is -0.385 e. The van der Waals surface area contributed by atoms with E-state index in [1.165, 1.54) is 10.7 Å². The summed E-state index contributed by atoms with van der Waals surface area (Å²) in [6.07, 6.45) is 0.913. The number of nitrogens with one attached hydrogen (secondary N) is 1. The third-order valence-electron chi connectivity index (χ3n) is 2.16. The van der Waals surface area contributed by atoms with Crippen LogP contribution in [0.2, 0.25) is 0 Å². The molecule has 0 fully saturated rings. The summed E-state index contributed by atoms with van der Waals surface area (Å²) >= 11 is 0. The lowest BCUT2D eigenvalue weighted by atomic mass is 10.4. The van der Waals surface area contributed by atoms with Gasteiger partial charge in [0.2, 0.25) is 0 Å². The predicted octanol–water partition coefficient (Wildman–Crippen LogP) is 0.876. The number of aryl methyl sites for hydroxylation is 1. The molecule has 1 N–H and O–H groups in total. The number of nitro groups is 1. The van der Waals surface area contributed by atoms with E-state index >= 15 is 0 Å². The summed E-state index contributed by atoms with van der Waals surface area (Å²) in [5, 5.41) is 17.4. The van der Waals surface area contributed by atoms with Gasteiger partial charge >= 0.3 is 5.82 Å². The first-order valence-electron chi connectivity index (χ1n) is 5.02. The molecule has 0 spiro atoms. The molecule has 98 valence electrons. The minimum atomic E-state index is -0.492. The molecule has 0 amide bonds. The Labute approximate surface area is 106 Å². The number of hydrogen-bond donors (Lipinski definition) is 1. The molecule has 1 heterocycles. The van der Waals surface area contributed by atoms with Gasteiger partial charge in [-0.1, -0.05) is 0 Å². The number of nitrogens with zero attached hydrogens (tertiary/aromatic N) is 3. The first-order chi connectivity index (χ1) is 7.65. The van der Waals surface area contributed by atoms with Crippen LogP contribution in [0.3, 0.4) is 0 Å². The molecule has 0 atom stereocenters. The van der Waals surface area contributed by atoms with Crippen molar-refractivity contribution in [2.24, 2.45) is 7.05 Å². The van der Waals surface area contributed by atoms with Gasteiger partial charge in [0.1, 0.15) is 0 Å². The molecule has 0 aromatic carbocycles. The van der Waals surface area contributed by atoms with Crippen LogP contribution in [0.15, 0.2) is 6.07 Å². The van der Waals surface area contributed by atoms with Gasteiger partial charge in [-0.15, -0.1) is 12.4 Å². The topological polar surface area (TPSA) is 82.2 Å². The summed E-state index contributed by atoms with van der Waals surface area (Å²) in [5.74, 6) is -0.115. The van der Waals surface area contributed by atoms with Crippen LogP contribution >= 0.6 is 12.4 Å². The Kier molecular flexibility index (Phi) is 7.44. The lowest BCUT2D eigenvalue weighted by molar-refractivity contribution is -0.389. The molecule has 1 rings (SSSR count). The van der Waals surface area contributed by atoms with Crippen LogP contribution in [0.25, 0.3) is 0 Å². The van der Waals surface area contributed by atoms with Gasteiger partial charge in [-0.05, 0) is 17.9 Å². The van der Waals surface area contributed by atoms with E-state index in [1.807, 2.05) is 0 Å². The second-order valence-corrected chi connectivity index (χ2v) is 3.40. The molecule has 7 nitrogen and oxygen atoms in total. The lowest BCUT2D eigenvalue weighted by Gasteiger charge is -2.02. The maximum absolute atomic E-state index is 10.5. The Hall–Kier alpha value is -1.18. The first-order valence-corrected chi connectivity index (χ1v) is 5.02. The lowest BCUT2D eigenvalue weighted by Crippen LogP contribution is -2.18. The summed E-state index contributed by atoms with van der Waals surface area (Å²) in [6.45, 7) is 2.09. The SMILES string of the molecule is COCCCNCc1cc([N+](=O)[O-])nn1C.Cl. The molecule has 0 saturated carbocycles. The van der Waals surface area contributed by atoms with Crippen molar-refractivity contribution < 1.29 is 9.66 Å². The largest absolute Gasteiger partial charge is 0.390 e. The summed E-state index contributed by atoms with van der Waals surface area (Å²) in [4.78, 5) is 9.98. The van der Waals surface area contributed by atoms with Gasteiger partial charge in [0.25, 0.3) is 0 Å². The zero-order valence-electron chi connectivity index (χ0n) is 9.88. The highest BCUT2D eigenvalue weighted by molar-refractivity contribution is 5.85. The van der Waals surface area contributed by atoms with Crippen molar-refractivity contribution in [3.8, 4) is 0 Å². The molecule has 0 aliphatic rings. The van der Waals surface area contributed by atoms with Gasteiger partial charge in [-0.2, -0.15) is 4.68 Å². The maximum atomic E-state index is 10.5. The van der Waals surface area contributed by atoms with E-state index in [0.29, 0.717) is 13.2 Å². The van der Waals surface area contributed by atoms with Crippen molar-refractivity contribution in [1.82, 2.24) is 15.1 Å². The van der Waals surface area contributed by atoms with Crippen LogP contribution in [0.5, 0.6) is 0 Å². The van der Waals surface area contributed by atoms with Crippen LogP contribution in [0, 0.1) is 10.1 Å². The Morgan fingerprint density at radius 3 is 2.88 bits per heavy atom. The smallest absolute Gasteiger partial charge is 0.385 e. The summed E-state index contributed by atoms with van der Waals surface area (Å²) in [5.41, 5.74) is 0.795. The zero-order chi connectivity index (χ0) is 12.0. The fraction of sp³-hybridized carbons (Fsp3) is 0.667. The number of rotatable bonds is 7. The van der Waals surface area contributed by atoms with Crippen LogP contribution in [-0.4, -0.2) is 35.0 Å². The first kappa shape index (κ1) is 15.8. The van der Waals surface area contributed by atoms with Crippen LogP contribution in [-0.2, 0) is 18.3 Å². The van der Waals surface area contributed by atoms with Gasteiger partial charge < -0.3 is 20.2 Å². The van der Waals surface area contributed by atoms with Crippen molar-refractivity contribution in [2.45, 2.75) is 13.0 Å². The highest BCUT2D eigenvalue weighted by Gasteiger charge is 2.14. The molecule has 17 heavy (non-hydrogen) atoms. The van der Waals surface area contributed by atoms with E-state index in [1.54, 1.807) is 14.2 Å². The van der Waals surface area contributed by atoms with Gasteiger partial charge in [0.05, 0.1) is 23.9 Å². The monoisotopic (exact) mass is 264 g/mol. The number of hydrogen-bond acceptors (Lipinski definition) is 5. The van der Waals surface area contributed by atoms with Crippen molar-refractivity contribution in [3.05, 3.63) is 21.9 Å². The normalized spacial score (nSPS) is 10.0. The van der Waals surface area contributed by atoms with Crippen LogP contribution < -0.4 is 5.32 Å². The molecule has 0 aliphatic heterocycles. The van der Waals surface area contributed by atoms with Gasteiger partial charge in [0, 0.05) is 20.3 Å². The third kappa shape index (κ3) is 5.12. The van der Waals surface area contributed by atoms with E-state index < -0.39 is 4.92 Å². The highest BCUT2D eigenvalue weighted by Crippen LogP contribution is 2.10. The molecule has 0 radical (unpaired) electrons. The average molecular weight is 265 g/mol. The third-order valence-corrected chi connectivity index (χ3v) is 2.16. The van der Waals surface area contributed by atoms with E-state index in [4.69, 9.17) is 4.74 Å². The maximum Gasteiger partial charge on any atom is 0.390 e. The quantitative estimate of drug-likeness (QED) is 0.449.